The highest BCUT2D eigenvalue weighted by atomic mass is 32.2. The molecular formula is C22H23N3O5S. The van der Waals surface area contributed by atoms with Crippen molar-refractivity contribution in [3.8, 4) is 0 Å². The van der Waals surface area contributed by atoms with Gasteiger partial charge in [-0.15, -0.1) is 11.8 Å². The Labute approximate surface area is 184 Å². The van der Waals surface area contributed by atoms with Crippen molar-refractivity contribution >= 4 is 41.1 Å². The van der Waals surface area contributed by atoms with Crippen LogP contribution in [0.2, 0.25) is 0 Å². The standard InChI is InChI=1S/C22H23N3O5S/c1-15(16-7-3-2-4-8-16)23-22(29)17-9-5-6-10-18(17)24-19(26)12-30-21(28)11-25-14-31-13-20(25)27/h2-10,15H,11-14H2,1H3,(H,23,29)(H,24,26)/t15-/m0/s1. The summed E-state index contributed by atoms with van der Waals surface area (Å²) in [6.07, 6.45) is 0. The Morgan fingerprint density at radius 3 is 2.52 bits per heavy atom. The normalized spacial score (nSPS) is 14.1. The first kappa shape index (κ1) is 22.4. The maximum atomic E-state index is 12.7. The van der Waals surface area contributed by atoms with Crippen molar-refractivity contribution < 1.29 is 23.9 Å². The molecule has 8 nitrogen and oxygen atoms in total. The van der Waals surface area contributed by atoms with Gasteiger partial charge in [0.25, 0.3) is 11.8 Å². The molecule has 31 heavy (non-hydrogen) atoms. The Bertz CT molecular complexity index is 967. The van der Waals surface area contributed by atoms with Gasteiger partial charge in [0.2, 0.25) is 5.91 Å². The van der Waals surface area contributed by atoms with Gasteiger partial charge in [0.1, 0.15) is 6.54 Å². The van der Waals surface area contributed by atoms with Gasteiger partial charge in [0.15, 0.2) is 6.61 Å². The van der Waals surface area contributed by atoms with Crippen LogP contribution in [0.1, 0.15) is 28.9 Å². The van der Waals surface area contributed by atoms with E-state index in [1.807, 2.05) is 37.3 Å². The predicted molar refractivity (Wildman–Crippen MR) is 117 cm³/mol. The fourth-order valence-corrected chi connectivity index (χ4v) is 3.87. The molecule has 0 aliphatic carbocycles. The number of nitrogens with zero attached hydrogens (tertiary/aromatic N) is 1. The van der Waals surface area contributed by atoms with Gasteiger partial charge in [-0.1, -0.05) is 42.5 Å². The second kappa shape index (κ2) is 10.6. The van der Waals surface area contributed by atoms with Crippen LogP contribution in [0.25, 0.3) is 0 Å². The molecular weight excluding hydrogens is 418 g/mol. The number of thioether (sulfide) groups is 1. The van der Waals surface area contributed by atoms with Crippen molar-refractivity contribution in [2.75, 3.05) is 30.1 Å². The van der Waals surface area contributed by atoms with Crippen molar-refractivity contribution in [1.82, 2.24) is 10.2 Å². The molecule has 1 aliphatic heterocycles. The summed E-state index contributed by atoms with van der Waals surface area (Å²) < 4.78 is 4.95. The minimum absolute atomic E-state index is 0.129. The number of hydrogen-bond donors (Lipinski definition) is 2. The lowest BCUT2D eigenvalue weighted by Gasteiger charge is -2.16. The van der Waals surface area contributed by atoms with Crippen molar-refractivity contribution in [3.63, 3.8) is 0 Å². The van der Waals surface area contributed by atoms with Gasteiger partial charge < -0.3 is 20.3 Å². The highest BCUT2D eigenvalue weighted by Crippen LogP contribution is 2.18. The van der Waals surface area contributed by atoms with Crippen molar-refractivity contribution in [1.29, 1.82) is 0 Å². The van der Waals surface area contributed by atoms with E-state index in [0.717, 1.165) is 5.56 Å². The van der Waals surface area contributed by atoms with Crippen LogP contribution < -0.4 is 10.6 Å². The largest absolute Gasteiger partial charge is 0.454 e. The maximum Gasteiger partial charge on any atom is 0.326 e. The van der Waals surface area contributed by atoms with Crippen molar-refractivity contribution in [2.24, 2.45) is 0 Å². The molecule has 0 saturated carbocycles. The van der Waals surface area contributed by atoms with Crippen LogP contribution in [0, 0.1) is 0 Å². The molecule has 0 aromatic heterocycles. The first-order valence-electron chi connectivity index (χ1n) is 9.70. The van der Waals surface area contributed by atoms with E-state index >= 15 is 0 Å². The smallest absolute Gasteiger partial charge is 0.326 e. The zero-order valence-electron chi connectivity index (χ0n) is 17.0. The molecule has 1 fully saturated rings. The van der Waals surface area contributed by atoms with E-state index < -0.39 is 18.5 Å². The number of hydrogen-bond acceptors (Lipinski definition) is 6. The molecule has 9 heteroatoms. The van der Waals surface area contributed by atoms with Crippen LogP contribution in [0.15, 0.2) is 54.6 Å². The van der Waals surface area contributed by atoms with E-state index in [2.05, 4.69) is 10.6 Å². The highest BCUT2D eigenvalue weighted by molar-refractivity contribution is 8.00. The predicted octanol–water partition coefficient (Wildman–Crippen LogP) is 2.19. The molecule has 0 unspecified atom stereocenters. The molecule has 0 radical (unpaired) electrons. The van der Waals surface area contributed by atoms with E-state index in [9.17, 15) is 19.2 Å². The van der Waals surface area contributed by atoms with E-state index in [1.54, 1.807) is 24.3 Å². The number of benzene rings is 2. The monoisotopic (exact) mass is 441 g/mol. The van der Waals surface area contributed by atoms with Crippen molar-refractivity contribution in [2.45, 2.75) is 13.0 Å². The molecule has 1 saturated heterocycles. The Morgan fingerprint density at radius 1 is 1.10 bits per heavy atom. The van der Waals surface area contributed by atoms with Crippen LogP contribution in [0.4, 0.5) is 5.69 Å². The molecule has 1 aliphatic rings. The van der Waals surface area contributed by atoms with Crippen LogP contribution in [0.5, 0.6) is 0 Å². The second-order valence-electron chi connectivity index (χ2n) is 6.93. The van der Waals surface area contributed by atoms with Gasteiger partial charge in [-0.05, 0) is 24.6 Å². The van der Waals surface area contributed by atoms with E-state index in [0.29, 0.717) is 22.9 Å². The summed E-state index contributed by atoms with van der Waals surface area (Å²) in [6.45, 7) is 1.18. The van der Waals surface area contributed by atoms with Crippen LogP contribution in [0.3, 0.4) is 0 Å². The molecule has 2 N–H and O–H groups in total. The number of anilines is 1. The van der Waals surface area contributed by atoms with Crippen molar-refractivity contribution in [3.05, 3.63) is 65.7 Å². The van der Waals surface area contributed by atoms with Crippen LogP contribution >= 0.6 is 11.8 Å². The molecule has 3 amide bonds. The molecule has 3 rings (SSSR count). The van der Waals surface area contributed by atoms with Gasteiger partial charge in [0, 0.05) is 0 Å². The summed E-state index contributed by atoms with van der Waals surface area (Å²) in [5.74, 6) is -0.926. The number of para-hydroxylation sites is 1. The fraction of sp³-hybridized carbons (Fsp3) is 0.273. The fourth-order valence-electron chi connectivity index (χ4n) is 2.96. The maximum absolute atomic E-state index is 12.7. The number of nitrogens with one attached hydrogen (secondary N) is 2. The minimum atomic E-state index is -0.659. The van der Waals surface area contributed by atoms with Crippen LogP contribution in [-0.2, 0) is 19.1 Å². The lowest BCUT2D eigenvalue weighted by Crippen LogP contribution is -2.34. The first-order chi connectivity index (χ1) is 14.9. The first-order valence-corrected chi connectivity index (χ1v) is 10.9. The summed E-state index contributed by atoms with van der Waals surface area (Å²) in [5.41, 5.74) is 1.57. The molecule has 2 aromatic rings. The number of carbonyl (C=O) groups is 4. The molecule has 1 atom stereocenters. The van der Waals surface area contributed by atoms with Gasteiger partial charge >= 0.3 is 5.97 Å². The van der Waals surface area contributed by atoms with Gasteiger partial charge in [0.05, 0.1) is 28.9 Å². The molecule has 0 spiro atoms. The third-order valence-corrected chi connectivity index (χ3v) is 5.55. The number of ether oxygens (including phenoxy) is 1. The number of rotatable bonds is 8. The molecule has 1 heterocycles. The Balaban J connectivity index is 1.54. The Morgan fingerprint density at radius 2 is 1.81 bits per heavy atom. The second-order valence-corrected chi connectivity index (χ2v) is 7.88. The summed E-state index contributed by atoms with van der Waals surface area (Å²) in [5, 5.41) is 5.51. The van der Waals surface area contributed by atoms with E-state index in [4.69, 9.17) is 4.74 Å². The van der Waals surface area contributed by atoms with Gasteiger partial charge in [-0.25, -0.2) is 0 Å². The van der Waals surface area contributed by atoms with Gasteiger partial charge in [-0.3, -0.25) is 19.2 Å². The number of esters is 1. The average molecular weight is 442 g/mol. The quantitative estimate of drug-likeness (QED) is 0.609. The molecule has 162 valence electrons. The van der Waals surface area contributed by atoms with Gasteiger partial charge in [-0.2, -0.15) is 0 Å². The van der Waals surface area contributed by atoms with E-state index in [1.165, 1.54) is 16.7 Å². The zero-order valence-corrected chi connectivity index (χ0v) is 17.8. The molecule has 2 aromatic carbocycles. The number of carbonyl (C=O) groups excluding carboxylic acids is 4. The lowest BCUT2D eigenvalue weighted by atomic mass is 10.1. The average Bonchev–Trinajstić information content (AvgIpc) is 3.17. The highest BCUT2D eigenvalue weighted by Gasteiger charge is 2.24. The minimum Gasteiger partial charge on any atom is -0.454 e. The Kier molecular flexibility index (Phi) is 7.66. The summed E-state index contributed by atoms with van der Waals surface area (Å²) in [4.78, 5) is 49.7. The van der Waals surface area contributed by atoms with E-state index in [-0.39, 0.29) is 24.4 Å². The Hall–Kier alpha value is -3.33. The lowest BCUT2D eigenvalue weighted by molar-refractivity contribution is -0.150. The summed E-state index contributed by atoms with van der Waals surface area (Å²) in [7, 11) is 0. The third kappa shape index (κ3) is 6.32. The molecule has 0 bridgehead atoms. The zero-order chi connectivity index (χ0) is 22.2. The SMILES string of the molecule is C[C@H](NC(=O)c1ccccc1NC(=O)COC(=O)CN1CSCC1=O)c1ccccc1. The topological polar surface area (TPSA) is 105 Å². The third-order valence-electron chi connectivity index (χ3n) is 4.60. The number of amides is 3. The summed E-state index contributed by atoms with van der Waals surface area (Å²) in [6, 6.07) is 15.9. The summed E-state index contributed by atoms with van der Waals surface area (Å²) >= 11 is 1.42. The van der Waals surface area contributed by atoms with Crippen LogP contribution in [-0.4, -0.2) is 53.4 Å².